The van der Waals surface area contributed by atoms with Gasteiger partial charge in [-0.05, 0) is 25.9 Å². The predicted molar refractivity (Wildman–Crippen MR) is 113 cm³/mol. The second kappa shape index (κ2) is 10.5. The van der Waals surface area contributed by atoms with Crippen LogP contribution in [0.2, 0.25) is 0 Å². The van der Waals surface area contributed by atoms with Crippen LogP contribution < -0.4 is 20.9 Å². The second-order valence-corrected chi connectivity index (χ2v) is 6.95. The molecule has 158 valence electrons. The van der Waals surface area contributed by atoms with Crippen LogP contribution in [0, 0.1) is 11.3 Å². The van der Waals surface area contributed by atoms with Crippen LogP contribution in [-0.2, 0) is 4.74 Å². The van der Waals surface area contributed by atoms with Crippen molar-refractivity contribution in [2.24, 2.45) is 0 Å². The lowest BCUT2D eigenvalue weighted by Crippen LogP contribution is -2.42. The molecule has 1 aliphatic rings. The van der Waals surface area contributed by atoms with E-state index in [0.29, 0.717) is 36.4 Å². The minimum atomic E-state index is -0.194. The van der Waals surface area contributed by atoms with Crippen molar-refractivity contribution in [3.05, 3.63) is 35.9 Å². The monoisotopic (exact) mass is 410 g/mol. The lowest BCUT2D eigenvalue weighted by molar-refractivity contribution is 0.0937. The minimum Gasteiger partial charge on any atom is -0.383 e. The molecule has 3 heterocycles. The highest BCUT2D eigenvalue weighted by molar-refractivity contribution is 6.00. The van der Waals surface area contributed by atoms with Gasteiger partial charge in [0.15, 0.2) is 5.69 Å². The SMILES string of the molecule is COCCNC(=O)c1cnc(Nc2cnc(C#N)cn2)cc1N(C)C1CCNCC1. The van der Waals surface area contributed by atoms with Gasteiger partial charge in [0.05, 0.1) is 30.3 Å². The van der Waals surface area contributed by atoms with E-state index in [-0.39, 0.29) is 11.6 Å². The number of carbonyl (C=O) groups excluding carboxylic acids is 1. The second-order valence-electron chi connectivity index (χ2n) is 6.95. The molecule has 30 heavy (non-hydrogen) atoms. The number of ether oxygens (including phenoxy) is 1. The van der Waals surface area contributed by atoms with Gasteiger partial charge in [0.2, 0.25) is 0 Å². The van der Waals surface area contributed by atoms with E-state index in [1.165, 1.54) is 12.4 Å². The number of anilines is 3. The third kappa shape index (κ3) is 5.40. The number of nitriles is 1. The zero-order valence-electron chi connectivity index (χ0n) is 17.2. The van der Waals surface area contributed by atoms with Gasteiger partial charge in [-0.3, -0.25) is 4.79 Å². The van der Waals surface area contributed by atoms with Gasteiger partial charge < -0.3 is 25.6 Å². The Bertz CT molecular complexity index is 891. The third-order valence-corrected chi connectivity index (χ3v) is 4.98. The topological polar surface area (TPSA) is 128 Å². The highest BCUT2D eigenvalue weighted by atomic mass is 16.5. The van der Waals surface area contributed by atoms with E-state index in [4.69, 9.17) is 10.00 Å². The van der Waals surface area contributed by atoms with Gasteiger partial charge >= 0.3 is 0 Å². The molecule has 3 N–H and O–H groups in total. The average Bonchev–Trinajstić information content (AvgIpc) is 2.79. The Balaban J connectivity index is 1.86. The van der Waals surface area contributed by atoms with Crippen LogP contribution in [0.5, 0.6) is 0 Å². The summed E-state index contributed by atoms with van der Waals surface area (Å²) >= 11 is 0. The Morgan fingerprint density at radius 3 is 2.70 bits per heavy atom. The zero-order chi connectivity index (χ0) is 21.3. The van der Waals surface area contributed by atoms with Crippen LogP contribution in [0.15, 0.2) is 24.7 Å². The quantitative estimate of drug-likeness (QED) is 0.547. The van der Waals surface area contributed by atoms with Crippen molar-refractivity contribution in [1.29, 1.82) is 5.26 Å². The summed E-state index contributed by atoms with van der Waals surface area (Å²) in [6, 6.07) is 4.10. The number of amides is 1. The van der Waals surface area contributed by atoms with Crippen LogP contribution in [-0.4, -0.2) is 67.3 Å². The standard InChI is InChI=1S/C20H26N8O2/c1-28(15-3-5-22-6-4-15)17-9-18(27-19-13-24-14(10-21)11-25-19)26-12-16(17)20(29)23-7-8-30-2/h9,11-13,15,22H,3-8H2,1-2H3,(H,23,29)(H,25,26,27). The molecule has 1 fully saturated rings. The smallest absolute Gasteiger partial charge is 0.255 e. The fourth-order valence-corrected chi connectivity index (χ4v) is 3.31. The molecule has 10 nitrogen and oxygen atoms in total. The summed E-state index contributed by atoms with van der Waals surface area (Å²) in [5, 5.41) is 18.2. The Labute approximate surface area is 175 Å². The fraction of sp³-hybridized carbons (Fsp3) is 0.450. The first-order valence-electron chi connectivity index (χ1n) is 9.82. The number of piperidine rings is 1. The van der Waals surface area contributed by atoms with Gasteiger partial charge in [-0.15, -0.1) is 0 Å². The number of carbonyl (C=O) groups is 1. The Kier molecular flexibility index (Phi) is 7.48. The fourth-order valence-electron chi connectivity index (χ4n) is 3.31. The predicted octanol–water partition coefficient (Wildman–Crippen LogP) is 1.05. The van der Waals surface area contributed by atoms with Crippen molar-refractivity contribution in [1.82, 2.24) is 25.6 Å². The molecule has 0 bridgehead atoms. The van der Waals surface area contributed by atoms with Gasteiger partial charge in [-0.25, -0.2) is 15.0 Å². The summed E-state index contributed by atoms with van der Waals surface area (Å²) in [7, 11) is 3.60. The molecule has 3 rings (SSSR count). The van der Waals surface area contributed by atoms with Crippen molar-refractivity contribution in [3.8, 4) is 6.07 Å². The number of hydrogen-bond donors (Lipinski definition) is 3. The van der Waals surface area contributed by atoms with Crippen molar-refractivity contribution < 1.29 is 9.53 Å². The van der Waals surface area contributed by atoms with Crippen LogP contribution >= 0.6 is 0 Å². The van der Waals surface area contributed by atoms with Crippen molar-refractivity contribution >= 4 is 23.2 Å². The molecule has 10 heteroatoms. The molecule has 0 unspecified atom stereocenters. The van der Waals surface area contributed by atoms with Crippen LogP contribution in [0.1, 0.15) is 28.9 Å². The first kappa shape index (κ1) is 21.4. The number of methoxy groups -OCH3 is 1. The summed E-state index contributed by atoms with van der Waals surface area (Å²) in [5.74, 6) is 0.813. The van der Waals surface area contributed by atoms with E-state index in [0.717, 1.165) is 31.6 Å². The number of rotatable bonds is 8. The van der Waals surface area contributed by atoms with Crippen molar-refractivity contribution in [2.45, 2.75) is 18.9 Å². The molecule has 0 atom stereocenters. The van der Waals surface area contributed by atoms with Crippen LogP contribution in [0.3, 0.4) is 0 Å². The minimum absolute atomic E-state index is 0.194. The molecule has 1 amide bonds. The summed E-state index contributed by atoms with van der Waals surface area (Å²) in [6.07, 6.45) is 6.42. The van der Waals surface area contributed by atoms with Gasteiger partial charge in [0, 0.05) is 39.0 Å². The molecular formula is C20H26N8O2. The zero-order valence-corrected chi connectivity index (χ0v) is 17.2. The maximum Gasteiger partial charge on any atom is 0.255 e. The first-order chi connectivity index (χ1) is 14.6. The lowest BCUT2D eigenvalue weighted by Gasteiger charge is -2.34. The molecule has 1 saturated heterocycles. The Morgan fingerprint density at radius 1 is 1.27 bits per heavy atom. The summed E-state index contributed by atoms with van der Waals surface area (Å²) < 4.78 is 5.01. The number of aromatic nitrogens is 3. The third-order valence-electron chi connectivity index (χ3n) is 4.98. The number of pyridine rings is 1. The van der Waals surface area contributed by atoms with E-state index >= 15 is 0 Å². The molecule has 0 spiro atoms. The number of hydrogen-bond acceptors (Lipinski definition) is 9. The van der Waals surface area contributed by atoms with E-state index in [1.807, 2.05) is 19.2 Å². The molecule has 0 saturated carbocycles. The van der Waals surface area contributed by atoms with Crippen molar-refractivity contribution in [3.63, 3.8) is 0 Å². The van der Waals surface area contributed by atoms with E-state index in [2.05, 4.69) is 35.8 Å². The molecule has 1 aliphatic heterocycles. The van der Waals surface area contributed by atoms with Crippen LogP contribution in [0.4, 0.5) is 17.3 Å². The Hall–Kier alpha value is -3.29. The largest absolute Gasteiger partial charge is 0.383 e. The summed E-state index contributed by atoms with van der Waals surface area (Å²) in [6.45, 7) is 2.76. The highest BCUT2D eigenvalue weighted by Gasteiger charge is 2.23. The van der Waals surface area contributed by atoms with Gasteiger partial charge in [-0.2, -0.15) is 5.26 Å². The van der Waals surface area contributed by atoms with Gasteiger partial charge in [-0.1, -0.05) is 0 Å². The van der Waals surface area contributed by atoms with E-state index in [1.54, 1.807) is 13.3 Å². The average molecular weight is 410 g/mol. The van der Waals surface area contributed by atoms with Gasteiger partial charge in [0.25, 0.3) is 5.91 Å². The highest BCUT2D eigenvalue weighted by Crippen LogP contribution is 2.27. The maximum absolute atomic E-state index is 12.7. The Morgan fingerprint density at radius 2 is 2.03 bits per heavy atom. The molecule has 0 aromatic carbocycles. The lowest BCUT2D eigenvalue weighted by atomic mass is 10.0. The van der Waals surface area contributed by atoms with E-state index < -0.39 is 0 Å². The van der Waals surface area contributed by atoms with Crippen LogP contribution in [0.25, 0.3) is 0 Å². The number of nitrogens with zero attached hydrogens (tertiary/aromatic N) is 5. The normalized spacial score (nSPS) is 14.0. The summed E-state index contributed by atoms with van der Waals surface area (Å²) in [5.41, 5.74) is 1.53. The molecular weight excluding hydrogens is 384 g/mol. The molecule has 0 radical (unpaired) electrons. The van der Waals surface area contributed by atoms with Gasteiger partial charge in [0.1, 0.15) is 17.7 Å². The summed E-state index contributed by atoms with van der Waals surface area (Å²) in [4.78, 5) is 27.4. The number of nitrogens with one attached hydrogen (secondary N) is 3. The maximum atomic E-state index is 12.7. The van der Waals surface area contributed by atoms with Crippen molar-refractivity contribution in [2.75, 3.05) is 50.6 Å². The molecule has 2 aromatic rings. The molecule has 2 aromatic heterocycles. The first-order valence-corrected chi connectivity index (χ1v) is 9.82. The molecule has 0 aliphatic carbocycles. The van der Waals surface area contributed by atoms with E-state index in [9.17, 15) is 4.79 Å².